The Labute approximate surface area is 418 Å². The molecular weight excluding hydrogens is 827 g/mol. The predicted molar refractivity (Wildman–Crippen MR) is 292 cm³/mol. The number of aliphatic hydroxyl groups is 2. The van der Waals surface area contributed by atoms with Crippen LogP contribution in [-0.4, -0.2) is 47.4 Å². The van der Waals surface area contributed by atoms with Crippen LogP contribution in [0.3, 0.4) is 0 Å². The third-order valence-electron chi connectivity index (χ3n) is 14.0. The normalized spacial score (nSPS) is 12.7. The summed E-state index contributed by atoms with van der Waals surface area (Å²) >= 11 is 0. The molecule has 0 radical (unpaired) electrons. The molecule has 0 rings (SSSR count). The van der Waals surface area contributed by atoms with E-state index in [0.717, 1.165) is 44.9 Å². The first-order valence-electron chi connectivity index (χ1n) is 30.1. The molecule has 0 aliphatic rings. The highest BCUT2D eigenvalue weighted by Crippen LogP contribution is 2.17. The van der Waals surface area contributed by atoms with Crippen molar-refractivity contribution in [3.63, 3.8) is 0 Å². The highest BCUT2D eigenvalue weighted by atomic mass is 16.5. The van der Waals surface area contributed by atoms with Gasteiger partial charge in [0, 0.05) is 12.8 Å². The zero-order chi connectivity index (χ0) is 48.6. The summed E-state index contributed by atoms with van der Waals surface area (Å²) in [5, 5.41) is 23.1. The number of esters is 1. The Morgan fingerprint density at radius 1 is 0.403 bits per heavy atom. The van der Waals surface area contributed by atoms with Crippen LogP contribution < -0.4 is 5.32 Å². The molecule has 2 unspecified atom stereocenters. The number of aliphatic hydroxyl groups excluding tert-OH is 2. The molecule has 396 valence electrons. The fourth-order valence-corrected chi connectivity index (χ4v) is 9.34. The number of ether oxygens (including phenoxy) is 1. The number of hydrogen-bond donors (Lipinski definition) is 3. The number of unbranched alkanes of at least 4 members (excludes halogenated alkanes) is 43. The Balaban J connectivity index is 3.43. The van der Waals surface area contributed by atoms with Crippen molar-refractivity contribution >= 4 is 11.9 Å². The minimum Gasteiger partial charge on any atom is -0.466 e. The molecule has 6 nitrogen and oxygen atoms in total. The van der Waals surface area contributed by atoms with Crippen molar-refractivity contribution in [1.29, 1.82) is 0 Å². The van der Waals surface area contributed by atoms with Gasteiger partial charge >= 0.3 is 5.97 Å². The van der Waals surface area contributed by atoms with Gasteiger partial charge in [0.2, 0.25) is 5.91 Å². The average Bonchev–Trinajstić information content (AvgIpc) is 3.33. The first-order valence-corrected chi connectivity index (χ1v) is 30.1. The maximum atomic E-state index is 12.5. The van der Waals surface area contributed by atoms with E-state index < -0.39 is 12.1 Å². The molecule has 0 aliphatic heterocycles. The standard InChI is InChI=1S/C61H117NO5/c1-3-5-7-9-11-13-15-17-26-30-33-37-41-45-49-53-59(64)58(57-63)62-60(65)54-50-46-42-38-34-31-27-24-22-20-18-19-21-23-25-28-32-36-40-44-48-52-56-67-61(66)55-51-47-43-39-35-29-16-14-12-10-8-6-4-2/h20,22,49,53,58-59,63-64H,3-19,21,23-48,50-52,54-57H2,1-2H3,(H,62,65)/b22-20-,53-49+. The first-order chi connectivity index (χ1) is 33.0. The number of hydrogen-bond acceptors (Lipinski definition) is 5. The minimum absolute atomic E-state index is 0.0111. The molecule has 0 aliphatic carbocycles. The van der Waals surface area contributed by atoms with Crippen molar-refractivity contribution in [3.8, 4) is 0 Å². The van der Waals surface area contributed by atoms with E-state index in [-0.39, 0.29) is 18.5 Å². The van der Waals surface area contributed by atoms with Crippen molar-refractivity contribution in [2.75, 3.05) is 13.2 Å². The highest BCUT2D eigenvalue weighted by Gasteiger charge is 2.18. The van der Waals surface area contributed by atoms with E-state index in [1.165, 1.54) is 257 Å². The molecule has 1 amide bonds. The van der Waals surface area contributed by atoms with E-state index in [1.54, 1.807) is 6.08 Å². The molecule has 67 heavy (non-hydrogen) atoms. The molecule has 0 saturated heterocycles. The van der Waals surface area contributed by atoms with Crippen LogP contribution >= 0.6 is 0 Å². The summed E-state index contributed by atoms with van der Waals surface area (Å²) in [6, 6.07) is -0.632. The Morgan fingerprint density at radius 2 is 0.701 bits per heavy atom. The third kappa shape index (κ3) is 53.5. The van der Waals surface area contributed by atoms with Crippen molar-refractivity contribution in [1.82, 2.24) is 5.32 Å². The van der Waals surface area contributed by atoms with Crippen LogP contribution in [-0.2, 0) is 14.3 Å². The van der Waals surface area contributed by atoms with Crippen LogP contribution in [0.1, 0.15) is 328 Å². The largest absolute Gasteiger partial charge is 0.466 e. The quantitative estimate of drug-likeness (QED) is 0.0321. The van der Waals surface area contributed by atoms with Gasteiger partial charge in [-0.2, -0.15) is 0 Å². The summed E-state index contributed by atoms with van der Waals surface area (Å²) in [5.74, 6) is -0.0625. The lowest BCUT2D eigenvalue weighted by Gasteiger charge is -2.20. The molecule has 0 aromatic carbocycles. The molecule has 0 heterocycles. The van der Waals surface area contributed by atoms with Gasteiger partial charge in [0.25, 0.3) is 0 Å². The van der Waals surface area contributed by atoms with E-state index in [1.807, 2.05) is 6.08 Å². The third-order valence-corrected chi connectivity index (χ3v) is 14.0. The lowest BCUT2D eigenvalue weighted by Crippen LogP contribution is -2.45. The molecule has 0 aromatic heterocycles. The van der Waals surface area contributed by atoms with E-state index >= 15 is 0 Å². The van der Waals surface area contributed by atoms with E-state index in [4.69, 9.17) is 4.74 Å². The fourth-order valence-electron chi connectivity index (χ4n) is 9.34. The van der Waals surface area contributed by atoms with Crippen LogP contribution in [0.2, 0.25) is 0 Å². The summed E-state index contributed by atoms with van der Waals surface area (Å²) in [6.45, 7) is 4.91. The van der Waals surface area contributed by atoms with Gasteiger partial charge in [0.05, 0.1) is 25.4 Å². The van der Waals surface area contributed by atoms with Crippen molar-refractivity contribution < 1.29 is 24.5 Å². The predicted octanol–water partition coefficient (Wildman–Crippen LogP) is 18.6. The molecule has 2 atom stereocenters. The summed E-state index contributed by atoms with van der Waals surface area (Å²) < 4.78 is 5.48. The Morgan fingerprint density at radius 3 is 1.06 bits per heavy atom. The van der Waals surface area contributed by atoms with Gasteiger partial charge in [-0.1, -0.05) is 282 Å². The lowest BCUT2D eigenvalue weighted by atomic mass is 10.0. The average molecular weight is 945 g/mol. The summed E-state index contributed by atoms with van der Waals surface area (Å²) in [5.41, 5.74) is 0. The SMILES string of the molecule is CCCCCCCCCCCCCCC/C=C/C(O)C(CO)NC(=O)CCCCCCCCC/C=C\CCCCCCCCCCCCCOC(=O)CCCCCCCCCCCCCCC. The second-order valence-electron chi connectivity index (χ2n) is 20.7. The van der Waals surface area contributed by atoms with Gasteiger partial charge in [-0.05, 0) is 57.8 Å². The van der Waals surface area contributed by atoms with Gasteiger partial charge in [0.1, 0.15) is 0 Å². The molecule has 0 aromatic rings. The summed E-state index contributed by atoms with van der Waals surface area (Å²) in [4.78, 5) is 24.5. The van der Waals surface area contributed by atoms with Crippen LogP contribution in [0.25, 0.3) is 0 Å². The van der Waals surface area contributed by atoms with Crippen molar-refractivity contribution in [3.05, 3.63) is 24.3 Å². The van der Waals surface area contributed by atoms with E-state index in [2.05, 4.69) is 31.3 Å². The zero-order valence-electron chi connectivity index (χ0n) is 45.1. The fraction of sp³-hybridized carbons (Fsp3) is 0.902. The van der Waals surface area contributed by atoms with E-state index in [0.29, 0.717) is 19.4 Å². The zero-order valence-corrected chi connectivity index (χ0v) is 45.1. The number of allylic oxidation sites excluding steroid dienone is 3. The first kappa shape index (κ1) is 65.3. The maximum Gasteiger partial charge on any atom is 0.305 e. The maximum absolute atomic E-state index is 12.5. The van der Waals surface area contributed by atoms with Gasteiger partial charge < -0.3 is 20.3 Å². The molecule has 0 saturated carbocycles. The van der Waals surface area contributed by atoms with Gasteiger partial charge in [0.15, 0.2) is 0 Å². The van der Waals surface area contributed by atoms with Crippen LogP contribution in [0.5, 0.6) is 0 Å². The number of carbonyl (C=O) groups excluding carboxylic acids is 2. The molecular formula is C61H117NO5. The van der Waals surface area contributed by atoms with Crippen molar-refractivity contribution in [2.45, 2.75) is 341 Å². The number of nitrogens with one attached hydrogen (secondary N) is 1. The lowest BCUT2D eigenvalue weighted by molar-refractivity contribution is -0.143. The second kappa shape index (κ2) is 56.9. The summed E-state index contributed by atoms with van der Waals surface area (Å²) in [7, 11) is 0. The van der Waals surface area contributed by atoms with E-state index in [9.17, 15) is 19.8 Å². The monoisotopic (exact) mass is 944 g/mol. The van der Waals surface area contributed by atoms with Crippen LogP contribution in [0.4, 0.5) is 0 Å². The summed E-state index contributed by atoms with van der Waals surface area (Å²) in [6.07, 6.45) is 69.2. The number of rotatable bonds is 56. The van der Waals surface area contributed by atoms with Crippen LogP contribution in [0, 0.1) is 0 Å². The molecule has 0 spiro atoms. The molecule has 3 N–H and O–H groups in total. The van der Waals surface area contributed by atoms with Crippen LogP contribution in [0.15, 0.2) is 24.3 Å². The molecule has 0 fully saturated rings. The van der Waals surface area contributed by atoms with Gasteiger partial charge in [-0.25, -0.2) is 0 Å². The topological polar surface area (TPSA) is 95.9 Å². The van der Waals surface area contributed by atoms with Gasteiger partial charge in [-0.15, -0.1) is 0 Å². The highest BCUT2D eigenvalue weighted by molar-refractivity contribution is 5.76. The van der Waals surface area contributed by atoms with Gasteiger partial charge in [-0.3, -0.25) is 9.59 Å². The number of amides is 1. The Bertz CT molecular complexity index is 1040. The van der Waals surface area contributed by atoms with Crippen molar-refractivity contribution in [2.24, 2.45) is 0 Å². The smallest absolute Gasteiger partial charge is 0.305 e. The molecule has 0 bridgehead atoms. The minimum atomic E-state index is -0.848. The Hall–Kier alpha value is -1.66. The second-order valence-corrected chi connectivity index (χ2v) is 20.7. The number of carbonyl (C=O) groups is 2. The molecule has 6 heteroatoms. The Kier molecular flexibility index (Phi) is 55.5.